The lowest BCUT2D eigenvalue weighted by molar-refractivity contribution is 0.0159. The van der Waals surface area contributed by atoms with Gasteiger partial charge >= 0.3 is 6.09 Å². The average molecular weight is 452 g/mol. The Hall–Kier alpha value is -3.16. The van der Waals surface area contributed by atoms with Gasteiger partial charge in [0, 0.05) is 37.6 Å². The molecule has 1 aromatic carbocycles. The van der Waals surface area contributed by atoms with Crippen LogP contribution in [0.15, 0.2) is 36.8 Å². The van der Waals surface area contributed by atoms with Crippen molar-refractivity contribution in [3.05, 3.63) is 48.2 Å². The normalized spacial score (nSPS) is 19.2. The highest BCUT2D eigenvalue weighted by molar-refractivity contribution is 5.93. The van der Waals surface area contributed by atoms with E-state index in [4.69, 9.17) is 4.74 Å². The van der Waals surface area contributed by atoms with Crippen LogP contribution in [0.4, 0.5) is 15.0 Å². The Balaban J connectivity index is 1.49. The summed E-state index contributed by atoms with van der Waals surface area (Å²) in [5.74, 6) is 1.09. The van der Waals surface area contributed by atoms with Gasteiger partial charge in [0.15, 0.2) is 0 Å². The number of hydrogen-bond donors (Lipinski definition) is 0. The van der Waals surface area contributed by atoms with Gasteiger partial charge < -0.3 is 19.1 Å². The molecular formula is C25H30FN5O2. The van der Waals surface area contributed by atoms with Crippen molar-refractivity contribution in [2.24, 2.45) is 0 Å². The molecule has 174 valence electrons. The van der Waals surface area contributed by atoms with Crippen molar-refractivity contribution in [3.8, 4) is 5.69 Å². The SMILES string of the molecule is C[C@@H]1CN(c2ncnc3c2c(C2CC2)cn3-c2cccc(F)c2)CCN1C(=O)OC(C)(C)C. The number of carbonyl (C=O) groups excluding carboxylic acids is 1. The summed E-state index contributed by atoms with van der Waals surface area (Å²) in [6.07, 6.45) is 5.67. The van der Waals surface area contributed by atoms with Crippen molar-refractivity contribution in [1.82, 2.24) is 19.4 Å². The second kappa shape index (κ2) is 8.01. The van der Waals surface area contributed by atoms with Gasteiger partial charge in [0.25, 0.3) is 0 Å². The van der Waals surface area contributed by atoms with Crippen LogP contribution < -0.4 is 4.90 Å². The molecule has 1 aliphatic heterocycles. The molecule has 2 fully saturated rings. The molecule has 1 aliphatic carbocycles. The highest BCUT2D eigenvalue weighted by Gasteiger charge is 2.34. The first kappa shape index (κ1) is 21.7. The van der Waals surface area contributed by atoms with Crippen molar-refractivity contribution in [2.45, 2.75) is 58.1 Å². The second-order valence-electron chi connectivity index (χ2n) is 10.1. The molecule has 0 radical (unpaired) electrons. The molecule has 3 aromatic rings. The highest BCUT2D eigenvalue weighted by Crippen LogP contribution is 2.46. The van der Waals surface area contributed by atoms with E-state index < -0.39 is 5.60 Å². The molecule has 0 spiro atoms. The monoisotopic (exact) mass is 451 g/mol. The predicted molar refractivity (Wildman–Crippen MR) is 125 cm³/mol. The summed E-state index contributed by atoms with van der Waals surface area (Å²) in [4.78, 5) is 25.9. The van der Waals surface area contributed by atoms with Crippen LogP contribution in [-0.2, 0) is 4.74 Å². The number of fused-ring (bicyclic) bond motifs is 1. The fourth-order valence-corrected chi connectivity index (χ4v) is 4.58. The Kier molecular flexibility index (Phi) is 5.26. The minimum atomic E-state index is -0.522. The molecule has 1 amide bonds. The van der Waals surface area contributed by atoms with Crippen LogP contribution in [0, 0.1) is 5.82 Å². The molecule has 1 saturated carbocycles. The second-order valence-corrected chi connectivity index (χ2v) is 10.1. The van der Waals surface area contributed by atoms with Crippen LogP contribution in [0.3, 0.4) is 0 Å². The average Bonchev–Trinajstić information content (AvgIpc) is 3.52. The molecule has 2 aliphatic rings. The maximum Gasteiger partial charge on any atom is 0.410 e. The number of ether oxygens (including phenoxy) is 1. The van der Waals surface area contributed by atoms with E-state index >= 15 is 0 Å². The topological polar surface area (TPSA) is 63.5 Å². The smallest absolute Gasteiger partial charge is 0.410 e. The number of nitrogens with zero attached hydrogens (tertiary/aromatic N) is 5. The van der Waals surface area contributed by atoms with Gasteiger partial charge in [-0.3, -0.25) is 0 Å². The van der Waals surface area contributed by atoms with Crippen LogP contribution in [-0.4, -0.2) is 56.8 Å². The molecule has 7 nitrogen and oxygen atoms in total. The summed E-state index contributed by atoms with van der Waals surface area (Å²) in [6, 6.07) is 6.56. The van der Waals surface area contributed by atoms with Gasteiger partial charge in [-0.2, -0.15) is 0 Å². The molecule has 33 heavy (non-hydrogen) atoms. The Labute approximate surface area is 193 Å². The van der Waals surface area contributed by atoms with E-state index in [-0.39, 0.29) is 18.0 Å². The van der Waals surface area contributed by atoms with Crippen molar-refractivity contribution < 1.29 is 13.9 Å². The molecule has 1 atom stereocenters. The van der Waals surface area contributed by atoms with E-state index in [1.54, 1.807) is 17.3 Å². The molecule has 0 unspecified atom stereocenters. The first-order valence-corrected chi connectivity index (χ1v) is 11.6. The van der Waals surface area contributed by atoms with Gasteiger partial charge in [0.2, 0.25) is 0 Å². The Bertz CT molecular complexity index is 1200. The zero-order valence-corrected chi connectivity index (χ0v) is 19.6. The van der Waals surface area contributed by atoms with E-state index in [0.717, 1.165) is 35.4 Å². The van der Waals surface area contributed by atoms with E-state index in [0.29, 0.717) is 25.6 Å². The third-order valence-corrected chi connectivity index (χ3v) is 6.25. The maximum absolute atomic E-state index is 14.0. The lowest BCUT2D eigenvalue weighted by Gasteiger charge is -2.40. The quantitative estimate of drug-likeness (QED) is 0.568. The molecule has 1 saturated heterocycles. The summed E-state index contributed by atoms with van der Waals surface area (Å²) in [5.41, 5.74) is 2.23. The fraction of sp³-hybridized carbons (Fsp3) is 0.480. The summed E-state index contributed by atoms with van der Waals surface area (Å²) >= 11 is 0. The van der Waals surface area contributed by atoms with Crippen LogP contribution in [0.25, 0.3) is 16.7 Å². The molecule has 0 N–H and O–H groups in total. The lowest BCUT2D eigenvalue weighted by atomic mass is 10.1. The zero-order valence-electron chi connectivity index (χ0n) is 19.6. The van der Waals surface area contributed by atoms with Crippen molar-refractivity contribution >= 4 is 22.9 Å². The first-order chi connectivity index (χ1) is 15.7. The zero-order chi connectivity index (χ0) is 23.3. The fourth-order valence-electron chi connectivity index (χ4n) is 4.58. The summed E-state index contributed by atoms with van der Waals surface area (Å²) < 4.78 is 21.5. The number of halogens is 1. The van der Waals surface area contributed by atoms with Gasteiger partial charge in [-0.05, 0) is 70.2 Å². The minimum absolute atomic E-state index is 0.0201. The van der Waals surface area contributed by atoms with E-state index in [1.165, 1.54) is 17.7 Å². The highest BCUT2D eigenvalue weighted by atomic mass is 19.1. The number of carbonyl (C=O) groups is 1. The third-order valence-electron chi connectivity index (χ3n) is 6.25. The number of benzene rings is 1. The van der Waals surface area contributed by atoms with Crippen molar-refractivity contribution in [2.75, 3.05) is 24.5 Å². The maximum atomic E-state index is 14.0. The van der Waals surface area contributed by atoms with Crippen LogP contribution in [0.1, 0.15) is 52.0 Å². The summed E-state index contributed by atoms with van der Waals surface area (Å²) in [6.45, 7) is 9.55. The predicted octanol–water partition coefficient (Wildman–Crippen LogP) is 4.88. The Morgan fingerprint density at radius 2 is 1.97 bits per heavy atom. The van der Waals surface area contributed by atoms with Crippen molar-refractivity contribution in [3.63, 3.8) is 0 Å². The van der Waals surface area contributed by atoms with E-state index in [2.05, 4.69) is 21.1 Å². The third kappa shape index (κ3) is 4.26. The van der Waals surface area contributed by atoms with Gasteiger partial charge in [-0.25, -0.2) is 19.2 Å². The summed E-state index contributed by atoms with van der Waals surface area (Å²) in [7, 11) is 0. The number of anilines is 1. The lowest BCUT2D eigenvalue weighted by Crippen LogP contribution is -2.55. The molecular weight excluding hydrogens is 421 g/mol. The molecule has 8 heteroatoms. The largest absolute Gasteiger partial charge is 0.444 e. The van der Waals surface area contributed by atoms with E-state index in [1.807, 2.05) is 38.3 Å². The minimum Gasteiger partial charge on any atom is -0.444 e. The molecule has 2 aromatic heterocycles. The number of hydrogen-bond acceptors (Lipinski definition) is 5. The molecule has 0 bridgehead atoms. The van der Waals surface area contributed by atoms with Gasteiger partial charge in [-0.1, -0.05) is 6.07 Å². The number of aromatic nitrogens is 3. The van der Waals surface area contributed by atoms with Gasteiger partial charge in [0.05, 0.1) is 5.39 Å². The van der Waals surface area contributed by atoms with Crippen LogP contribution in [0.5, 0.6) is 0 Å². The summed E-state index contributed by atoms with van der Waals surface area (Å²) in [5, 5.41) is 1.03. The Morgan fingerprint density at radius 3 is 2.64 bits per heavy atom. The van der Waals surface area contributed by atoms with Gasteiger partial charge in [-0.15, -0.1) is 0 Å². The van der Waals surface area contributed by atoms with Crippen molar-refractivity contribution in [1.29, 1.82) is 0 Å². The molecule has 3 heterocycles. The Morgan fingerprint density at radius 1 is 1.18 bits per heavy atom. The standard InChI is InChI=1S/C25H30FN5O2/c1-16-13-29(10-11-30(16)24(32)33-25(2,3)4)22-21-20(17-8-9-17)14-31(23(21)28-15-27-22)19-7-5-6-18(26)12-19/h5-7,12,14-17H,8-11,13H2,1-4H3/t16-/m1/s1. The van der Waals surface area contributed by atoms with E-state index in [9.17, 15) is 9.18 Å². The number of rotatable bonds is 3. The van der Waals surface area contributed by atoms with Crippen LogP contribution in [0.2, 0.25) is 0 Å². The molecule has 5 rings (SSSR count). The van der Waals surface area contributed by atoms with Crippen LogP contribution >= 0.6 is 0 Å². The van der Waals surface area contributed by atoms with Gasteiger partial charge in [0.1, 0.15) is 29.2 Å². The first-order valence-electron chi connectivity index (χ1n) is 11.6. The number of piperazine rings is 1. The number of amides is 1.